The lowest BCUT2D eigenvalue weighted by atomic mass is 9.88. The zero-order chi connectivity index (χ0) is 44.1. The summed E-state index contributed by atoms with van der Waals surface area (Å²) in [5.74, 6) is -2.61. The first-order valence-electron chi connectivity index (χ1n) is 20.2. The minimum atomic E-state index is -4.92. The fraction of sp³-hybridized carbons (Fsp3) is 0.625. The summed E-state index contributed by atoms with van der Waals surface area (Å²) in [6, 6.07) is 4.26. The van der Waals surface area contributed by atoms with Gasteiger partial charge in [-0.2, -0.15) is 18.2 Å². The molecule has 4 N–H and O–H groups in total. The molecule has 7 atom stereocenters. The molecule has 2 aliphatic carbocycles. The first-order valence-corrected chi connectivity index (χ1v) is 21.7. The van der Waals surface area contributed by atoms with Crippen molar-refractivity contribution in [2.75, 3.05) is 34.0 Å². The van der Waals surface area contributed by atoms with Crippen molar-refractivity contribution in [3.05, 3.63) is 36.4 Å². The van der Waals surface area contributed by atoms with Crippen LogP contribution in [-0.4, -0.2) is 116 Å². The molecule has 2 aromatic rings. The number of nitrogens with zero attached hydrogens (tertiary/aromatic N) is 2. The Bertz CT molecular complexity index is 2200. The minimum Gasteiger partial charge on any atom is -0.497 e. The highest BCUT2D eigenvalue weighted by Crippen LogP contribution is 2.48. The second-order valence-corrected chi connectivity index (χ2v) is 19.3. The van der Waals surface area contributed by atoms with Crippen LogP contribution < -0.4 is 35.1 Å². The van der Waals surface area contributed by atoms with Crippen molar-refractivity contribution in [1.29, 1.82) is 0 Å². The maximum Gasteiger partial charge on any atom is 0.433 e. The molecule has 2 saturated carbocycles. The molecule has 5 aliphatic rings. The normalized spacial score (nSPS) is 30.2. The summed E-state index contributed by atoms with van der Waals surface area (Å²) in [7, 11) is -1.14. The third-order valence-corrected chi connectivity index (χ3v) is 14.7. The van der Waals surface area contributed by atoms with E-state index in [1.807, 2.05) is 13.0 Å². The van der Waals surface area contributed by atoms with Gasteiger partial charge in [-0.05, 0) is 80.9 Å². The minimum absolute atomic E-state index is 0.0117. The number of allylic oxidation sites excluding steroid dienone is 1. The molecule has 21 heteroatoms. The number of hydrogen-bond donors (Lipinski definition) is 4. The van der Waals surface area contributed by atoms with Gasteiger partial charge in [-0.15, -0.1) is 0 Å². The number of hydrogen-bond acceptors (Lipinski definition) is 13. The highest BCUT2D eigenvalue weighted by Gasteiger charge is 2.65. The fourth-order valence-electron chi connectivity index (χ4n) is 8.16. The van der Waals surface area contributed by atoms with Gasteiger partial charge in [0.15, 0.2) is 0 Å². The van der Waals surface area contributed by atoms with E-state index in [1.165, 1.54) is 26.0 Å². The van der Waals surface area contributed by atoms with Crippen LogP contribution in [0.25, 0.3) is 10.8 Å². The van der Waals surface area contributed by atoms with E-state index in [-0.39, 0.29) is 37.1 Å². The first kappa shape index (κ1) is 44.2. The maximum atomic E-state index is 14.9. The summed E-state index contributed by atoms with van der Waals surface area (Å²) < 4.78 is 95.7. The Morgan fingerprint density at radius 1 is 1.07 bits per heavy atom. The van der Waals surface area contributed by atoms with Crippen LogP contribution in [0.15, 0.2) is 36.4 Å². The lowest BCUT2D eigenvalue weighted by Crippen LogP contribution is -2.65. The number of aromatic nitrogens is 1. The number of benzene rings is 1. The molecule has 2 saturated heterocycles. The van der Waals surface area contributed by atoms with E-state index in [1.54, 1.807) is 37.3 Å². The number of rotatable bonds is 10. The number of halogens is 3. The summed E-state index contributed by atoms with van der Waals surface area (Å²) in [6.07, 6.45) is -1.33. The molecule has 7 rings (SSSR count). The highest BCUT2D eigenvalue weighted by molar-refractivity contribution is 7.91. The lowest BCUT2D eigenvalue weighted by Gasteiger charge is -2.41. The number of fused-ring (bicyclic) bond motifs is 3. The van der Waals surface area contributed by atoms with Crippen LogP contribution in [0.4, 0.5) is 18.0 Å². The summed E-state index contributed by atoms with van der Waals surface area (Å²) in [5, 5.41) is 4.03. The van der Waals surface area contributed by atoms with E-state index < -0.39 is 99.1 Å². The van der Waals surface area contributed by atoms with E-state index in [2.05, 4.69) is 25.9 Å². The number of alkyl halides is 3. The van der Waals surface area contributed by atoms with E-state index in [4.69, 9.17) is 23.7 Å². The predicted octanol–water partition coefficient (Wildman–Crippen LogP) is 3.42. The molecule has 0 bridgehead atoms. The van der Waals surface area contributed by atoms with Gasteiger partial charge in [0.2, 0.25) is 33.6 Å². The van der Waals surface area contributed by atoms with Crippen LogP contribution in [-0.2, 0) is 33.9 Å². The van der Waals surface area contributed by atoms with Gasteiger partial charge in [0.05, 0.1) is 38.7 Å². The van der Waals surface area contributed by atoms with Crippen molar-refractivity contribution in [2.24, 2.45) is 17.8 Å². The average Bonchev–Trinajstić information content (AvgIpc) is 4.06. The van der Waals surface area contributed by atoms with Gasteiger partial charge in [0.1, 0.15) is 29.5 Å². The molecule has 3 aliphatic heterocycles. The molecule has 61 heavy (non-hydrogen) atoms. The number of sulfonamides is 1. The molecule has 0 radical (unpaired) electrons. The number of pyridine rings is 1. The largest absolute Gasteiger partial charge is 0.497 e. The molecule has 4 amide bonds. The Balaban J connectivity index is 1.21. The number of hydrazine groups is 1. The third-order valence-electron chi connectivity index (χ3n) is 12.5. The number of amides is 4. The van der Waals surface area contributed by atoms with Gasteiger partial charge in [0.25, 0.3) is 11.5 Å². The molecular weight excluding hydrogens is 830 g/mol. The Hall–Kier alpha value is -4.89. The van der Waals surface area contributed by atoms with Gasteiger partial charge in [0, 0.05) is 23.8 Å². The monoisotopic (exact) mass is 880 g/mol. The molecular formula is C40H51F3N6O11S. The van der Waals surface area contributed by atoms with Crippen LogP contribution in [0.5, 0.6) is 17.5 Å². The van der Waals surface area contributed by atoms with E-state index in [0.717, 1.165) is 0 Å². The number of methoxy groups -OCH3 is 2. The van der Waals surface area contributed by atoms with Gasteiger partial charge in [-0.1, -0.05) is 26.0 Å². The van der Waals surface area contributed by atoms with Gasteiger partial charge in [-0.25, -0.2) is 18.6 Å². The zero-order valence-corrected chi connectivity index (χ0v) is 35.2. The molecule has 1 aromatic heterocycles. The van der Waals surface area contributed by atoms with Crippen LogP contribution in [0.2, 0.25) is 0 Å². The molecule has 4 fully saturated rings. The quantitative estimate of drug-likeness (QED) is 0.199. The molecule has 334 valence electrons. The third kappa shape index (κ3) is 8.77. The Labute approximate surface area is 350 Å². The first-order chi connectivity index (χ1) is 28.7. The van der Waals surface area contributed by atoms with Crippen molar-refractivity contribution in [3.8, 4) is 17.5 Å². The Morgan fingerprint density at radius 3 is 2.44 bits per heavy atom. The van der Waals surface area contributed by atoms with Crippen LogP contribution in [0.3, 0.4) is 0 Å². The molecule has 4 heterocycles. The molecule has 0 spiro atoms. The zero-order valence-electron chi connectivity index (χ0n) is 34.4. The van der Waals surface area contributed by atoms with Crippen LogP contribution in [0.1, 0.15) is 65.7 Å². The number of carbonyl (C=O) groups is 4. The number of nitrogens with one attached hydrogen (secondary N) is 4. The van der Waals surface area contributed by atoms with Crippen molar-refractivity contribution in [3.63, 3.8) is 0 Å². The average molecular weight is 881 g/mol. The molecule has 1 aromatic carbocycles. The highest BCUT2D eigenvalue weighted by atomic mass is 32.2. The van der Waals surface area contributed by atoms with Gasteiger partial charge in [-0.3, -0.25) is 24.5 Å². The Morgan fingerprint density at radius 2 is 1.80 bits per heavy atom. The van der Waals surface area contributed by atoms with Crippen LogP contribution in [0, 0.1) is 17.8 Å². The topological polar surface area (TPSA) is 213 Å². The Kier molecular flexibility index (Phi) is 11.9. The second-order valence-electron chi connectivity index (χ2n) is 17.1. The maximum absolute atomic E-state index is 14.9. The van der Waals surface area contributed by atoms with E-state index in [0.29, 0.717) is 48.6 Å². The second kappa shape index (κ2) is 16.4. The van der Waals surface area contributed by atoms with Crippen molar-refractivity contribution in [2.45, 2.75) is 106 Å². The van der Waals surface area contributed by atoms with Crippen molar-refractivity contribution >= 4 is 44.6 Å². The van der Waals surface area contributed by atoms with E-state index in [9.17, 15) is 40.8 Å². The number of carbonyl (C=O) groups excluding carboxylic acids is 4. The van der Waals surface area contributed by atoms with Crippen molar-refractivity contribution < 1.29 is 64.5 Å². The smallest absolute Gasteiger partial charge is 0.433 e. The SMILES string of the molecule is COc1ccc2c(O[C@@H]3C[C@H]4C(=O)N[C@]5(C(=O)NS(=O)(=O)C6(C)CC6)C[C@H]5/C=C\CC[C@H](C)C[C@@H](C)[C@H](NNC(=O)OC5(C(F)(F)F)COC5)C(=O)N4C3)nc(OC)cc2c1. The summed E-state index contributed by atoms with van der Waals surface area (Å²) in [4.78, 5) is 62.0. The summed E-state index contributed by atoms with van der Waals surface area (Å²) in [5.41, 5.74) is 0.224. The van der Waals surface area contributed by atoms with E-state index >= 15 is 0 Å². The van der Waals surface area contributed by atoms with Gasteiger partial charge < -0.3 is 33.9 Å². The summed E-state index contributed by atoms with van der Waals surface area (Å²) >= 11 is 0. The molecule has 0 unspecified atom stereocenters. The standard InChI is InChI=1S/C40H51F3N6O11S/c1-22-8-6-7-9-25-18-39(25,35(52)48-61(54,55)37(3)12-13-37)45-32(50)29-17-27(59-33-28-11-10-26(56-4)15-24(28)16-30(44-33)57-5)19-49(29)34(51)31(23(2)14-22)46-47-36(53)60-38(20-58-21-38)40(41,42)43/h7,9-11,15-16,22-23,25,27,29,31,46H,6,8,12-14,17-21H2,1-5H3,(H,45,50)(H,47,53)(H,48,52)/b9-7-/t22-,23+,25+,27+,29-,31-,39+/m0/s1. The predicted molar refractivity (Wildman–Crippen MR) is 211 cm³/mol. The lowest BCUT2D eigenvalue weighted by molar-refractivity contribution is -0.331. The van der Waals surface area contributed by atoms with Gasteiger partial charge >= 0.3 is 12.3 Å². The number of ether oxygens (including phenoxy) is 5. The summed E-state index contributed by atoms with van der Waals surface area (Å²) in [6.45, 7) is 3.24. The fourth-order valence-corrected chi connectivity index (χ4v) is 9.48. The molecule has 17 nitrogen and oxygen atoms in total. The van der Waals surface area contributed by atoms with Crippen LogP contribution >= 0.6 is 0 Å². The van der Waals surface area contributed by atoms with Crippen molar-refractivity contribution in [1.82, 2.24) is 30.8 Å².